The molecule has 0 radical (unpaired) electrons. The summed E-state index contributed by atoms with van der Waals surface area (Å²) in [5.41, 5.74) is 10.5. The van der Waals surface area contributed by atoms with Crippen LogP contribution in [0.3, 0.4) is 0 Å². The Labute approximate surface area is 113 Å². The average Bonchev–Trinajstić information content (AvgIpc) is 2.64. The first-order valence-electron chi connectivity index (χ1n) is 6.56. The number of nitrogens with two attached hydrogens (primary N) is 1. The zero-order chi connectivity index (χ0) is 13.2. The van der Waals surface area contributed by atoms with Crippen molar-refractivity contribution in [2.75, 3.05) is 23.8 Å². The molecule has 0 spiro atoms. The van der Waals surface area contributed by atoms with E-state index in [2.05, 4.69) is 23.1 Å². The van der Waals surface area contributed by atoms with Crippen molar-refractivity contribution in [1.82, 2.24) is 0 Å². The molecule has 0 aromatic heterocycles. The molecule has 0 saturated carbocycles. The molecule has 0 saturated heterocycles. The van der Waals surface area contributed by atoms with Gasteiger partial charge >= 0.3 is 0 Å². The largest absolute Gasteiger partial charge is 0.491 e. The Hall–Kier alpha value is -2.16. The third kappa shape index (κ3) is 2.24. The van der Waals surface area contributed by atoms with Crippen LogP contribution in [0.5, 0.6) is 5.75 Å². The molecule has 98 valence electrons. The summed E-state index contributed by atoms with van der Waals surface area (Å²) in [6.45, 7) is 4.41. The summed E-state index contributed by atoms with van der Waals surface area (Å²) in [5, 5.41) is 0. The Bertz CT molecular complexity index is 595. The SMILES string of the molecule is Cc1cccc(N2CCOc3ccccc3C2)c1N. The fourth-order valence-corrected chi connectivity index (χ4v) is 2.47. The Kier molecular flexibility index (Phi) is 3.03. The summed E-state index contributed by atoms with van der Waals surface area (Å²) in [5.74, 6) is 0.983. The number of fused-ring (bicyclic) bond motifs is 1. The van der Waals surface area contributed by atoms with Gasteiger partial charge in [-0.1, -0.05) is 30.3 Å². The number of aryl methyl sites for hydroxylation is 1. The van der Waals surface area contributed by atoms with Crippen LogP contribution in [0.2, 0.25) is 0 Å². The van der Waals surface area contributed by atoms with Crippen LogP contribution in [0.25, 0.3) is 0 Å². The molecule has 2 aromatic carbocycles. The molecule has 2 aromatic rings. The van der Waals surface area contributed by atoms with Gasteiger partial charge in [0.2, 0.25) is 0 Å². The van der Waals surface area contributed by atoms with Crippen LogP contribution in [0, 0.1) is 6.92 Å². The molecule has 0 atom stereocenters. The second-order valence-corrected chi connectivity index (χ2v) is 4.89. The summed E-state index contributed by atoms with van der Waals surface area (Å²) >= 11 is 0. The van der Waals surface area contributed by atoms with Gasteiger partial charge in [-0.15, -0.1) is 0 Å². The van der Waals surface area contributed by atoms with Crippen LogP contribution in [-0.2, 0) is 6.54 Å². The molecule has 2 N–H and O–H groups in total. The predicted octanol–water partition coefficient (Wildman–Crippen LogP) is 2.98. The van der Waals surface area contributed by atoms with Gasteiger partial charge in [-0.05, 0) is 24.6 Å². The lowest BCUT2D eigenvalue weighted by molar-refractivity contribution is 0.331. The smallest absolute Gasteiger partial charge is 0.124 e. The Morgan fingerprint density at radius 1 is 1.11 bits per heavy atom. The number of rotatable bonds is 1. The van der Waals surface area contributed by atoms with Crippen LogP contribution in [0.4, 0.5) is 11.4 Å². The number of hydrogen-bond acceptors (Lipinski definition) is 3. The van der Waals surface area contributed by atoms with Crippen molar-refractivity contribution in [2.24, 2.45) is 0 Å². The quantitative estimate of drug-likeness (QED) is 0.795. The van der Waals surface area contributed by atoms with Gasteiger partial charge in [-0.2, -0.15) is 0 Å². The highest BCUT2D eigenvalue weighted by Gasteiger charge is 2.17. The van der Waals surface area contributed by atoms with Crippen molar-refractivity contribution in [3.8, 4) is 5.75 Å². The van der Waals surface area contributed by atoms with Gasteiger partial charge in [0.05, 0.1) is 17.9 Å². The van der Waals surface area contributed by atoms with E-state index >= 15 is 0 Å². The van der Waals surface area contributed by atoms with Gasteiger partial charge in [0.15, 0.2) is 0 Å². The molecule has 0 unspecified atom stereocenters. The normalized spacial score (nSPS) is 14.5. The van der Waals surface area contributed by atoms with Crippen molar-refractivity contribution >= 4 is 11.4 Å². The molecule has 0 amide bonds. The second kappa shape index (κ2) is 4.84. The summed E-state index contributed by atoms with van der Waals surface area (Å²) in [7, 11) is 0. The molecule has 3 rings (SSSR count). The first-order valence-corrected chi connectivity index (χ1v) is 6.56. The number of anilines is 2. The van der Waals surface area contributed by atoms with Gasteiger partial charge in [0.1, 0.15) is 12.4 Å². The van der Waals surface area contributed by atoms with Gasteiger partial charge < -0.3 is 15.4 Å². The van der Waals surface area contributed by atoms with E-state index in [0.717, 1.165) is 35.8 Å². The van der Waals surface area contributed by atoms with E-state index in [0.29, 0.717) is 6.61 Å². The first kappa shape index (κ1) is 11.9. The monoisotopic (exact) mass is 254 g/mol. The van der Waals surface area contributed by atoms with Gasteiger partial charge in [-0.3, -0.25) is 0 Å². The molecule has 3 nitrogen and oxygen atoms in total. The van der Waals surface area contributed by atoms with Crippen molar-refractivity contribution < 1.29 is 4.74 Å². The van der Waals surface area contributed by atoms with E-state index in [4.69, 9.17) is 10.5 Å². The Morgan fingerprint density at radius 2 is 1.95 bits per heavy atom. The number of para-hydroxylation sites is 2. The first-order chi connectivity index (χ1) is 9.25. The summed E-state index contributed by atoms with van der Waals surface area (Å²) in [6.07, 6.45) is 0. The average molecular weight is 254 g/mol. The number of benzene rings is 2. The lowest BCUT2D eigenvalue weighted by Crippen LogP contribution is -2.26. The number of nitrogens with zero attached hydrogens (tertiary/aromatic N) is 1. The van der Waals surface area contributed by atoms with Crippen molar-refractivity contribution in [3.63, 3.8) is 0 Å². The van der Waals surface area contributed by atoms with E-state index in [9.17, 15) is 0 Å². The van der Waals surface area contributed by atoms with E-state index < -0.39 is 0 Å². The fraction of sp³-hybridized carbons (Fsp3) is 0.250. The molecule has 1 aliphatic rings. The maximum atomic E-state index is 6.20. The second-order valence-electron chi connectivity index (χ2n) is 4.89. The molecule has 1 aliphatic heterocycles. The van der Waals surface area contributed by atoms with E-state index in [1.54, 1.807) is 0 Å². The van der Waals surface area contributed by atoms with Gasteiger partial charge in [0, 0.05) is 12.1 Å². The molecule has 0 bridgehead atoms. The summed E-state index contributed by atoms with van der Waals surface area (Å²) < 4.78 is 5.79. The van der Waals surface area contributed by atoms with E-state index in [1.165, 1.54) is 5.56 Å². The summed E-state index contributed by atoms with van der Waals surface area (Å²) in [6, 6.07) is 14.4. The zero-order valence-electron chi connectivity index (χ0n) is 11.1. The van der Waals surface area contributed by atoms with Gasteiger partial charge in [-0.25, -0.2) is 0 Å². The molecule has 0 fully saturated rings. The Morgan fingerprint density at radius 3 is 2.84 bits per heavy atom. The van der Waals surface area contributed by atoms with Crippen LogP contribution in [-0.4, -0.2) is 13.2 Å². The van der Waals surface area contributed by atoms with Crippen molar-refractivity contribution in [2.45, 2.75) is 13.5 Å². The number of nitrogen functional groups attached to an aromatic ring is 1. The van der Waals surface area contributed by atoms with E-state index in [-0.39, 0.29) is 0 Å². The minimum absolute atomic E-state index is 0.685. The maximum absolute atomic E-state index is 6.20. The zero-order valence-corrected chi connectivity index (χ0v) is 11.1. The van der Waals surface area contributed by atoms with Crippen LogP contribution >= 0.6 is 0 Å². The third-order valence-electron chi connectivity index (χ3n) is 3.59. The predicted molar refractivity (Wildman–Crippen MR) is 78.6 cm³/mol. The van der Waals surface area contributed by atoms with Crippen molar-refractivity contribution in [1.29, 1.82) is 0 Å². The number of hydrogen-bond donors (Lipinski definition) is 1. The molecular formula is C16H18N2O. The van der Waals surface area contributed by atoms with E-state index in [1.807, 2.05) is 31.2 Å². The molecule has 0 aliphatic carbocycles. The summed E-state index contributed by atoms with van der Waals surface area (Å²) in [4.78, 5) is 2.29. The standard InChI is InChI=1S/C16H18N2O/c1-12-5-4-7-14(16(12)17)18-9-10-19-15-8-3-2-6-13(15)11-18/h2-8H,9-11,17H2,1H3. The molecular weight excluding hydrogens is 236 g/mol. The van der Waals surface area contributed by atoms with Crippen molar-refractivity contribution in [3.05, 3.63) is 53.6 Å². The molecule has 3 heteroatoms. The minimum atomic E-state index is 0.685. The highest BCUT2D eigenvalue weighted by atomic mass is 16.5. The highest BCUT2D eigenvalue weighted by Crippen LogP contribution is 2.30. The lowest BCUT2D eigenvalue weighted by atomic mass is 10.1. The maximum Gasteiger partial charge on any atom is 0.124 e. The number of ether oxygens (including phenoxy) is 1. The van der Waals surface area contributed by atoms with Crippen LogP contribution in [0.15, 0.2) is 42.5 Å². The van der Waals surface area contributed by atoms with Gasteiger partial charge in [0.25, 0.3) is 0 Å². The lowest BCUT2D eigenvalue weighted by Gasteiger charge is -2.24. The van der Waals surface area contributed by atoms with Crippen LogP contribution < -0.4 is 15.4 Å². The fourth-order valence-electron chi connectivity index (χ4n) is 2.47. The minimum Gasteiger partial charge on any atom is -0.491 e. The van der Waals surface area contributed by atoms with Crippen LogP contribution in [0.1, 0.15) is 11.1 Å². The Balaban J connectivity index is 1.96. The molecule has 1 heterocycles. The topological polar surface area (TPSA) is 38.5 Å². The molecule has 19 heavy (non-hydrogen) atoms. The third-order valence-corrected chi connectivity index (χ3v) is 3.59. The highest BCUT2D eigenvalue weighted by molar-refractivity contribution is 5.71.